The van der Waals surface area contributed by atoms with E-state index in [4.69, 9.17) is 5.26 Å². The van der Waals surface area contributed by atoms with E-state index in [-0.39, 0.29) is 23.6 Å². The Morgan fingerprint density at radius 2 is 2.07 bits per heavy atom. The molecule has 1 aromatic rings. The van der Waals surface area contributed by atoms with Crippen molar-refractivity contribution in [1.29, 1.82) is 5.26 Å². The number of aromatic nitrogens is 1. The van der Waals surface area contributed by atoms with Gasteiger partial charge in [-0.1, -0.05) is 19.9 Å². The Kier molecular flexibility index (Phi) is 5.52. The van der Waals surface area contributed by atoms with E-state index < -0.39 is 0 Å². The molecule has 3 rings (SSSR count). The van der Waals surface area contributed by atoms with E-state index in [0.29, 0.717) is 35.6 Å². The minimum Gasteiger partial charge on any atom is -0.349 e. The number of nitrogens with one attached hydrogen (secondary N) is 2. The Hall–Kier alpha value is -2.39. The summed E-state index contributed by atoms with van der Waals surface area (Å²) in [6, 6.07) is 5.40. The lowest BCUT2D eigenvalue weighted by molar-refractivity contribution is -0.120. The summed E-state index contributed by atoms with van der Waals surface area (Å²) in [4.78, 5) is 25.0. The first-order chi connectivity index (χ1) is 12.8. The van der Waals surface area contributed by atoms with Crippen LogP contribution in [0.1, 0.15) is 44.9 Å². The fraction of sp³-hybridized carbons (Fsp3) is 0.571. The topological polar surface area (TPSA) is 86.9 Å². The average Bonchev–Trinajstić information content (AvgIpc) is 2.63. The smallest absolute Gasteiger partial charge is 0.255 e. The lowest BCUT2D eigenvalue weighted by atomic mass is 9.70. The summed E-state index contributed by atoms with van der Waals surface area (Å²) in [6.07, 6.45) is 4.40. The third kappa shape index (κ3) is 3.84. The summed E-state index contributed by atoms with van der Waals surface area (Å²) < 4.78 is 1.35. The van der Waals surface area contributed by atoms with Crippen LogP contribution in [-0.2, 0) is 18.4 Å². The molecule has 2 heterocycles. The van der Waals surface area contributed by atoms with Crippen LogP contribution >= 0.6 is 0 Å². The van der Waals surface area contributed by atoms with Gasteiger partial charge in [-0.05, 0) is 49.7 Å². The van der Waals surface area contributed by atoms with E-state index in [9.17, 15) is 9.59 Å². The van der Waals surface area contributed by atoms with E-state index in [2.05, 4.69) is 30.6 Å². The van der Waals surface area contributed by atoms with Gasteiger partial charge in [0, 0.05) is 36.8 Å². The van der Waals surface area contributed by atoms with Crippen LogP contribution in [0.15, 0.2) is 28.6 Å². The van der Waals surface area contributed by atoms with Crippen molar-refractivity contribution in [2.24, 2.45) is 24.8 Å². The number of fused-ring (bicyclic) bond motifs is 1. The van der Waals surface area contributed by atoms with Crippen LogP contribution in [0.3, 0.4) is 0 Å². The van der Waals surface area contributed by atoms with Gasteiger partial charge in [0.15, 0.2) is 0 Å². The summed E-state index contributed by atoms with van der Waals surface area (Å²) in [7, 11) is 1.59. The minimum absolute atomic E-state index is 0.00890. The van der Waals surface area contributed by atoms with Gasteiger partial charge in [-0.25, -0.2) is 0 Å². The maximum atomic E-state index is 12.6. The molecule has 0 radical (unpaired) electrons. The van der Waals surface area contributed by atoms with Crippen molar-refractivity contribution in [3.63, 3.8) is 0 Å². The van der Waals surface area contributed by atoms with Crippen molar-refractivity contribution in [3.05, 3.63) is 45.4 Å². The number of nitrogens with zero attached hydrogens (tertiary/aromatic N) is 2. The molecule has 0 spiro atoms. The quantitative estimate of drug-likeness (QED) is 0.849. The van der Waals surface area contributed by atoms with Crippen LogP contribution in [0.4, 0.5) is 0 Å². The zero-order valence-corrected chi connectivity index (χ0v) is 16.5. The molecule has 1 aromatic heterocycles. The molecule has 5 atom stereocenters. The molecule has 1 fully saturated rings. The van der Waals surface area contributed by atoms with E-state index in [0.717, 1.165) is 18.4 Å². The predicted molar refractivity (Wildman–Crippen MR) is 104 cm³/mol. The molecule has 2 N–H and O–H groups in total. The van der Waals surface area contributed by atoms with Gasteiger partial charge in [0.2, 0.25) is 5.91 Å². The molecular weight excluding hydrogens is 340 g/mol. The van der Waals surface area contributed by atoms with Gasteiger partial charge in [-0.15, -0.1) is 0 Å². The first kappa shape index (κ1) is 19.4. The standard InChI is InChI=1S/C21H28N4O2/c1-12-7-13(2)19-16(8-12)9-18(20(26)24-19)14(3)23-11-15-5-6-17(10-22)25(4)21(15)27/h5-6,9,12-14,16,19,23H,7-8,11H2,1-4H3,(H,24,26)/t12?,13?,14-,16?,19?/m0/s1. The molecule has 1 saturated carbocycles. The summed E-state index contributed by atoms with van der Waals surface area (Å²) in [5.41, 5.74) is 1.48. The third-order valence-electron chi connectivity index (χ3n) is 6.04. The molecule has 144 valence electrons. The maximum absolute atomic E-state index is 12.6. The average molecular weight is 368 g/mol. The van der Waals surface area contributed by atoms with Crippen LogP contribution in [0.25, 0.3) is 0 Å². The van der Waals surface area contributed by atoms with Crippen LogP contribution in [-0.4, -0.2) is 22.6 Å². The molecule has 1 aliphatic heterocycles. The van der Waals surface area contributed by atoms with E-state index in [1.807, 2.05) is 13.0 Å². The van der Waals surface area contributed by atoms with Crippen molar-refractivity contribution in [2.75, 3.05) is 0 Å². The molecule has 0 aromatic carbocycles. The van der Waals surface area contributed by atoms with Crippen LogP contribution in [0, 0.1) is 29.1 Å². The van der Waals surface area contributed by atoms with Crippen LogP contribution in [0.2, 0.25) is 0 Å². The highest BCUT2D eigenvalue weighted by Gasteiger charge is 2.38. The highest BCUT2D eigenvalue weighted by molar-refractivity contribution is 5.95. The number of rotatable bonds is 4. The maximum Gasteiger partial charge on any atom is 0.255 e. The SMILES string of the molecule is CC1CC(C)C2NC(=O)C([C@H](C)NCc3ccc(C#N)n(C)c3=O)=CC2C1. The van der Waals surface area contributed by atoms with Crippen molar-refractivity contribution in [1.82, 2.24) is 15.2 Å². The van der Waals surface area contributed by atoms with E-state index in [1.54, 1.807) is 19.2 Å². The molecule has 0 bridgehead atoms. The largest absolute Gasteiger partial charge is 0.349 e. The molecule has 6 heteroatoms. The van der Waals surface area contributed by atoms with Gasteiger partial charge in [0.05, 0.1) is 0 Å². The van der Waals surface area contributed by atoms with Gasteiger partial charge in [-0.2, -0.15) is 5.26 Å². The van der Waals surface area contributed by atoms with Gasteiger partial charge >= 0.3 is 0 Å². The zero-order chi connectivity index (χ0) is 19.7. The van der Waals surface area contributed by atoms with E-state index in [1.165, 1.54) is 4.57 Å². The monoisotopic (exact) mass is 368 g/mol. The number of hydrogen-bond donors (Lipinski definition) is 2. The normalized spacial score (nSPS) is 28.6. The Labute approximate surface area is 160 Å². The Morgan fingerprint density at radius 1 is 1.33 bits per heavy atom. The second-order valence-corrected chi connectivity index (χ2v) is 8.16. The minimum atomic E-state index is -0.189. The highest BCUT2D eigenvalue weighted by Crippen LogP contribution is 2.37. The van der Waals surface area contributed by atoms with Crippen molar-refractivity contribution in [3.8, 4) is 6.07 Å². The summed E-state index contributed by atoms with van der Waals surface area (Å²) in [5.74, 6) is 1.53. The molecule has 1 amide bonds. The third-order valence-corrected chi connectivity index (χ3v) is 6.04. The first-order valence-corrected chi connectivity index (χ1v) is 9.66. The zero-order valence-electron chi connectivity index (χ0n) is 16.5. The second kappa shape index (κ2) is 7.69. The highest BCUT2D eigenvalue weighted by atomic mass is 16.2. The molecule has 1 aliphatic carbocycles. The first-order valence-electron chi connectivity index (χ1n) is 9.66. The molecular formula is C21H28N4O2. The lowest BCUT2D eigenvalue weighted by Crippen LogP contribution is -2.53. The van der Waals surface area contributed by atoms with Crippen LogP contribution < -0.4 is 16.2 Å². The van der Waals surface area contributed by atoms with Crippen molar-refractivity contribution in [2.45, 2.75) is 52.2 Å². The van der Waals surface area contributed by atoms with Gasteiger partial charge in [-0.3, -0.25) is 9.59 Å². The molecule has 2 aliphatic rings. The van der Waals surface area contributed by atoms with E-state index >= 15 is 0 Å². The summed E-state index contributed by atoms with van der Waals surface area (Å²) in [5, 5.41) is 15.5. The van der Waals surface area contributed by atoms with Gasteiger partial charge in [0.1, 0.15) is 11.8 Å². The van der Waals surface area contributed by atoms with Crippen LogP contribution in [0.5, 0.6) is 0 Å². The Bertz CT molecular complexity index is 864. The second-order valence-electron chi connectivity index (χ2n) is 8.16. The predicted octanol–water partition coefficient (Wildman–Crippen LogP) is 1.84. The lowest BCUT2D eigenvalue weighted by Gasteiger charge is -2.42. The summed E-state index contributed by atoms with van der Waals surface area (Å²) >= 11 is 0. The fourth-order valence-electron chi connectivity index (χ4n) is 4.52. The molecule has 4 unspecified atom stereocenters. The van der Waals surface area contributed by atoms with Gasteiger partial charge < -0.3 is 15.2 Å². The molecule has 0 saturated heterocycles. The molecule has 27 heavy (non-hydrogen) atoms. The number of hydrogen-bond acceptors (Lipinski definition) is 4. The summed E-state index contributed by atoms with van der Waals surface area (Å²) in [6.45, 7) is 6.80. The number of nitriles is 1. The van der Waals surface area contributed by atoms with Crippen molar-refractivity contribution >= 4 is 5.91 Å². The number of carbonyl (C=O) groups is 1. The van der Waals surface area contributed by atoms with Crippen molar-refractivity contribution < 1.29 is 4.79 Å². The Morgan fingerprint density at radius 3 is 2.78 bits per heavy atom. The van der Waals surface area contributed by atoms with Gasteiger partial charge in [0.25, 0.3) is 5.56 Å². The number of pyridine rings is 1. The molecule has 6 nitrogen and oxygen atoms in total. The Balaban J connectivity index is 1.73. The number of amides is 1. The number of carbonyl (C=O) groups excluding carboxylic acids is 1. The fourth-order valence-corrected chi connectivity index (χ4v) is 4.52.